The van der Waals surface area contributed by atoms with Gasteiger partial charge in [-0.05, 0) is 32.0 Å². The summed E-state index contributed by atoms with van der Waals surface area (Å²) in [5.41, 5.74) is 6.61. The molecule has 2 rings (SSSR count). The standard InChI is InChI=1S/C15H20N4O/c1-12-8-10-19(18-12)11-9-15(17-2,14(16)20)13-6-4-3-5-7-13/h3-8,10,17H,9,11H2,1-2H3,(H2,16,20). The summed E-state index contributed by atoms with van der Waals surface area (Å²) in [6, 6.07) is 11.5. The maximum Gasteiger partial charge on any atom is 0.242 e. The molecule has 0 saturated heterocycles. The van der Waals surface area contributed by atoms with E-state index in [-0.39, 0.29) is 5.91 Å². The summed E-state index contributed by atoms with van der Waals surface area (Å²) in [5, 5.41) is 7.43. The molecular formula is C15H20N4O. The molecule has 1 unspecified atom stereocenters. The van der Waals surface area contributed by atoms with E-state index in [1.165, 1.54) is 0 Å². The second kappa shape index (κ2) is 5.88. The van der Waals surface area contributed by atoms with Gasteiger partial charge in [-0.25, -0.2) is 0 Å². The average Bonchev–Trinajstić information content (AvgIpc) is 2.87. The maximum atomic E-state index is 12.0. The van der Waals surface area contributed by atoms with E-state index in [2.05, 4.69) is 10.4 Å². The molecular weight excluding hydrogens is 252 g/mol. The smallest absolute Gasteiger partial charge is 0.242 e. The van der Waals surface area contributed by atoms with Crippen LogP contribution in [0.1, 0.15) is 17.7 Å². The molecule has 0 aliphatic heterocycles. The minimum atomic E-state index is -0.874. The topological polar surface area (TPSA) is 72.9 Å². The Hall–Kier alpha value is -2.14. The third kappa shape index (κ3) is 2.72. The van der Waals surface area contributed by atoms with Gasteiger partial charge in [-0.15, -0.1) is 0 Å². The number of hydrogen-bond donors (Lipinski definition) is 2. The Labute approximate surface area is 118 Å². The van der Waals surface area contributed by atoms with Crippen LogP contribution in [0, 0.1) is 6.92 Å². The lowest BCUT2D eigenvalue weighted by Gasteiger charge is -2.30. The van der Waals surface area contributed by atoms with Gasteiger partial charge in [0.25, 0.3) is 0 Å². The van der Waals surface area contributed by atoms with E-state index in [0.29, 0.717) is 13.0 Å². The van der Waals surface area contributed by atoms with Crippen molar-refractivity contribution in [1.82, 2.24) is 15.1 Å². The number of primary amides is 1. The first-order chi connectivity index (χ1) is 9.58. The van der Waals surface area contributed by atoms with Crippen molar-refractivity contribution in [2.45, 2.75) is 25.4 Å². The fourth-order valence-electron chi connectivity index (χ4n) is 2.39. The molecule has 2 aromatic rings. The number of amides is 1. The Balaban J connectivity index is 2.26. The van der Waals surface area contributed by atoms with E-state index in [1.54, 1.807) is 7.05 Å². The molecule has 0 saturated carbocycles. The molecule has 0 spiro atoms. The monoisotopic (exact) mass is 272 g/mol. The Kier molecular flexibility index (Phi) is 4.20. The fourth-order valence-corrected chi connectivity index (χ4v) is 2.39. The zero-order chi connectivity index (χ0) is 14.6. The van der Waals surface area contributed by atoms with Gasteiger partial charge < -0.3 is 11.1 Å². The Bertz CT molecular complexity index is 579. The first-order valence-corrected chi connectivity index (χ1v) is 6.63. The van der Waals surface area contributed by atoms with Crippen molar-refractivity contribution in [3.8, 4) is 0 Å². The Morgan fingerprint density at radius 2 is 2.05 bits per heavy atom. The summed E-state index contributed by atoms with van der Waals surface area (Å²) >= 11 is 0. The third-order valence-electron chi connectivity index (χ3n) is 3.60. The van der Waals surface area contributed by atoms with Crippen LogP contribution in [0.15, 0.2) is 42.6 Å². The van der Waals surface area contributed by atoms with E-state index in [1.807, 2.05) is 54.2 Å². The van der Waals surface area contributed by atoms with Crippen molar-refractivity contribution >= 4 is 5.91 Å². The molecule has 1 amide bonds. The predicted octanol–water partition coefficient (Wildman–Crippen LogP) is 1.18. The van der Waals surface area contributed by atoms with Gasteiger partial charge in [-0.1, -0.05) is 30.3 Å². The van der Waals surface area contributed by atoms with Gasteiger partial charge in [0, 0.05) is 12.7 Å². The molecule has 0 bridgehead atoms. The lowest BCUT2D eigenvalue weighted by Crippen LogP contribution is -2.51. The highest BCUT2D eigenvalue weighted by Crippen LogP contribution is 2.25. The molecule has 0 radical (unpaired) electrons. The lowest BCUT2D eigenvalue weighted by molar-refractivity contribution is -0.125. The predicted molar refractivity (Wildman–Crippen MR) is 78.0 cm³/mol. The molecule has 5 nitrogen and oxygen atoms in total. The van der Waals surface area contributed by atoms with Crippen molar-refractivity contribution in [2.24, 2.45) is 5.73 Å². The van der Waals surface area contributed by atoms with Crippen LogP contribution in [0.3, 0.4) is 0 Å². The van der Waals surface area contributed by atoms with Gasteiger partial charge in [0.2, 0.25) is 5.91 Å². The number of benzene rings is 1. The zero-order valence-corrected chi connectivity index (χ0v) is 11.8. The molecule has 5 heteroatoms. The van der Waals surface area contributed by atoms with Crippen molar-refractivity contribution < 1.29 is 4.79 Å². The number of nitrogens with two attached hydrogens (primary N) is 1. The van der Waals surface area contributed by atoms with Gasteiger partial charge in [0.15, 0.2) is 0 Å². The van der Waals surface area contributed by atoms with Crippen LogP contribution in [0.5, 0.6) is 0 Å². The first-order valence-electron chi connectivity index (χ1n) is 6.63. The third-order valence-corrected chi connectivity index (χ3v) is 3.60. The molecule has 0 aliphatic carbocycles. The molecule has 0 aliphatic rings. The molecule has 1 atom stereocenters. The van der Waals surface area contributed by atoms with Gasteiger partial charge in [0.1, 0.15) is 5.54 Å². The number of carbonyl (C=O) groups excluding carboxylic acids is 1. The number of nitrogens with one attached hydrogen (secondary N) is 1. The summed E-state index contributed by atoms with van der Waals surface area (Å²) < 4.78 is 1.83. The molecule has 1 aromatic heterocycles. The van der Waals surface area contributed by atoms with Gasteiger partial charge >= 0.3 is 0 Å². The Morgan fingerprint density at radius 3 is 2.55 bits per heavy atom. The highest BCUT2D eigenvalue weighted by Gasteiger charge is 2.36. The molecule has 1 heterocycles. The van der Waals surface area contributed by atoms with Crippen LogP contribution in [-0.2, 0) is 16.9 Å². The number of nitrogens with zero attached hydrogens (tertiary/aromatic N) is 2. The van der Waals surface area contributed by atoms with E-state index in [4.69, 9.17) is 5.73 Å². The van der Waals surface area contributed by atoms with Gasteiger partial charge in [-0.3, -0.25) is 9.48 Å². The lowest BCUT2D eigenvalue weighted by atomic mass is 9.86. The number of likely N-dealkylation sites (N-methyl/N-ethyl adjacent to an activating group) is 1. The van der Waals surface area contributed by atoms with Crippen molar-refractivity contribution in [1.29, 1.82) is 0 Å². The van der Waals surface area contributed by atoms with Crippen LogP contribution in [-0.4, -0.2) is 22.7 Å². The van der Waals surface area contributed by atoms with E-state index >= 15 is 0 Å². The molecule has 20 heavy (non-hydrogen) atoms. The quantitative estimate of drug-likeness (QED) is 0.829. The molecule has 1 aromatic carbocycles. The molecule has 3 N–H and O–H groups in total. The van der Waals surface area contributed by atoms with E-state index in [9.17, 15) is 4.79 Å². The SMILES string of the molecule is CNC(CCn1ccc(C)n1)(C(N)=O)c1ccccc1. The van der Waals surface area contributed by atoms with Crippen molar-refractivity contribution in [2.75, 3.05) is 7.05 Å². The maximum absolute atomic E-state index is 12.0. The van der Waals surface area contributed by atoms with Gasteiger partial charge in [-0.2, -0.15) is 5.10 Å². The number of rotatable bonds is 6. The number of hydrogen-bond acceptors (Lipinski definition) is 3. The summed E-state index contributed by atoms with van der Waals surface area (Å²) in [5.74, 6) is -0.380. The highest BCUT2D eigenvalue weighted by molar-refractivity contribution is 5.86. The van der Waals surface area contributed by atoms with E-state index in [0.717, 1.165) is 11.3 Å². The summed E-state index contributed by atoms with van der Waals surface area (Å²) in [4.78, 5) is 12.0. The number of aryl methyl sites for hydroxylation is 2. The van der Waals surface area contributed by atoms with Crippen LogP contribution in [0.4, 0.5) is 0 Å². The minimum absolute atomic E-state index is 0.380. The average molecular weight is 272 g/mol. The second-order valence-electron chi connectivity index (χ2n) is 4.86. The van der Waals surface area contributed by atoms with Crippen LogP contribution in [0.25, 0.3) is 0 Å². The zero-order valence-electron chi connectivity index (χ0n) is 11.8. The normalized spacial score (nSPS) is 13.9. The highest BCUT2D eigenvalue weighted by atomic mass is 16.1. The summed E-state index contributed by atoms with van der Waals surface area (Å²) in [6.45, 7) is 2.56. The fraction of sp³-hybridized carbons (Fsp3) is 0.333. The second-order valence-corrected chi connectivity index (χ2v) is 4.86. The number of aromatic nitrogens is 2. The van der Waals surface area contributed by atoms with Crippen LogP contribution >= 0.6 is 0 Å². The summed E-state index contributed by atoms with van der Waals surface area (Å²) in [6.07, 6.45) is 2.45. The molecule has 106 valence electrons. The summed E-state index contributed by atoms with van der Waals surface area (Å²) in [7, 11) is 1.76. The largest absolute Gasteiger partial charge is 0.368 e. The number of carbonyl (C=O) groups is 1. The molecule has 0 fully saturated rings. The van der Waals surface area contributed by atoms with E-state index < -0.39 is 5.54 Å². The minimum Gasteiger partial charge on any atom is -0.368 e. The first kappa shape index (κ1) is 14.3. The van der Waals surface area contributed by atoms with Crippen molar-refractivity contribution in [3.05, 3.63) is 53.9 Å². The van der Waals surface area contributed by atoms with Crippen LogP contribution in [0.2, 0.25) is 0 Å². The van der Waals surface area contributed by atoms with Crippen molar-refractivity contribution in [3.63, 3.8) is 0 Å². The van der Waals surface area contributed by atoms with Crippen LogP contribution < -0.4 is 11.1 Å². The Morgan fingerprint density at radius 1 is 1.35 bits per heavy atom. The van der Waals surface area contributed by atoms with Gasteiger partial charge in [0.05, 0.1) is 5.69 Å².